The lowest BCUT2D eigenvalue weighted by Crippen LogP contribution is -2.28. The Hall–Kier alpha value is -1.08. The summed E-state index contributed by atoms with van der Waals surface area (Å²) in [5.41, 5.74) is 17.7. The molecule has 0 saturated carbocycles. The Morgan fingerprint density at radius 3 is 2.48 bits per heavy atom. The van der Waals surface area contributed by atoms with Crippen molar-refractivity contribution < 1.29 is 9.53 Å². The van der Waals surface area contributed by atoms with Crippen molar-refractivity contribution in [1.29, 1.82) is 0 Å². The van der Waals surface area contributed by atoms with Crippen LogP contribution in [0.2, 0.25) is 0 Å². The van der Waals surface area contributed by atoms with E-state index in [0.29, 0.717) is 31.9 Å². The highest BCUT2D eigenvalue weighted by Gasteiger charge is 2.13. The van der Waals surface area contributed by atoms with Gasteiger partial charge in [0.05, 0.1) is 6.04 Å². The van der Waals surface area contributed by atoms with Gasteiger partial charge >= 0.3 is 0 Å². The number of hydrogen-bond acceptors (Lipinski definition) is 6. The van der Waals surface area contributed by atoms with E-state index in [1.54, 1.807) is 0 Å². The molecule has 0 aliphatic rings. The van der Waals surface area contributed by atoms with Gasteiger partial charge in [-0.05, 0) is 37.1 Å². The van der Waals surface area contributed by atoms with Crippen LogP contribution in [-0.2, 0) is 10.5 Å². The Labute approximate surface area is 130 Å². The summed E-state index contributed by atoms with van der Waals surface area (Å²) < 4.78 is 5.40. The third-order valence-corrected chi connectivity index (χ3v) is 4.03. The second-order valence-corrected chi connectivity index (χ2v) is 5.76. The Kier molecular flexibility index (Phi) is 9.09. The molecule has 0 fully saturated rings. The summed E-state index contributed by atoms with van der Waals surface area (Å²) in [7, 11) is 0. The molecule has 5 nitrogen and oxygen atoms in total. The molecule has 0 aromatic heterocycles. The summed E-state index contributed by atoms with van der Waals surface area (Å²) in [6.07, 6.45) is 2.52. The largest absolute Gasteiger partial charge is 0.492 e. The third-order valence-electron chi connectivity index (χ3n) is 2.96. The summed E-state index contributed by atoms with van der Waals surface area (Å²) >= 11 is 1.26. The Bertz CT molecular complexity index is 412. The molecule has 0 aliphatic carbocycles. The van der Waals surface area contributed by atoms with Crippen LogP contribution in [0.4, 0.5) is 0 Å². The Morgan fingerprint density at radius 2 is 1.86 bits per heavy atom. The van der Waals surface area contributed by atoms with Crippen molar-refractivity contribution in [2.75, 3.05) is 19.7 Å². The SMILES string of the molecule is NCCCC[C@H](N)C(=O)SCc1ccc(OCCN)cc1. The minimum atomic E-state index is -0.395. The normalized spacial score (nSPS) is 12.1. The highest BCUT2D eigenvalue weighted by atomic mass is 32.2. The third kappa shape index (κ3) is 7.47. The van der Waals surface area contributed by atoms with E-state index in [2.05, 4.69) is 0 Å². The molecule has 1 aromatic rings. The van der Waals surface area contributed by atoms with Crippen LogP contribution < -0.4 is 21.9 Å². The van der Waals surface area contributed by atoms with Crippen molar-refractivity contribution in [3.05, 3.63) is 29.8 Å². The molecule has 0 amide bonds. The van der Waals surface area contributed by atoms with Gasteiger partial charge in [0.1, 0.15) is 12.4 Å². The van der Waals surface area contributed by atoms with Gasteiger partial charge in [-0.1, -0.05) is 30.3 Å². The van der Waals surface area contributed by atoms with Gasteiger partial charge in [0.15, 0.2) is 0 Å². The van der Waals surface area contributed by atoms with E-state index in [4.69, 9.17) is 21.9 Å². The molecule has 1 aromatic carbocycles. The van der Waals surface area contributed by atoms with Gasteiger partial charge in [0.2, 0.25) is 5.12 Å². The van der Waals surface area contributed by atoms with E-state index in [1.807, 2.05) is 24.3 Å². The molecule has 6 heteroatoms. The van der Waals surface area contributed by atoms with Gasteiger partial charge < -0.3 is 21.9 Å². The molecule has 0 aliphatic heterocycles. The molecule has 6 N–H and O–H groups in total. The van der Waals surface area contributed by atoms with Gasteiger partial charge in [-0.2, -0.15) is 0 Å². The number of carbonyl (C=O) groups is 1. The number of thioether (sulfide) groups is 1. The first-order valence-electron chi connectivity index (χ1n) is 7.21. The molecular weight excluding hydrogens is 286 g/mol. The second-order valence-electron chi connectivity index (χ2n) is 4.78. The first kappa shape index (κ1) is 18.0. The number of hydrogen-bond donors (Lipinski definition) is 3. The van der Waals surface area contributed by atoms with Crippen molar-refractivity contribution in [1.82, 2.24) is 0 Å². The summed E-state index contributed by atoms with van der Waals surface area (Å²) in [4.78, 5) is 11.9. The van der Waals surface area contributed by atoms with Crippen LogP contribution in [0.1, 0.15) is 24.8 Å². The minimum absolute atomic E-state index is 0.0375. The number of benzene rings is 1. The number of ether oxygens (including phenoxy) is 1. The molecule has 0 saturated heterocycles. The zero-order chi connectivity index (χ0) is 15.5. The van der Waals surface area contributed by atoms with Crippen molar-refractivity contribution in [2.45, 2.75) is 31.1 Å². The molecule has 0 unspecified atom stereocenters. The standard InChI is InChI=1S/C15H25N3O2S/c16-8-2-1-3-14(18)15(19)21-11-12-4-6-13(7-5-12)20-10-9-17/h4-7,14H,1-3,8-11,16-18H2/t14-/m0/s1. The predicted octanol–water partition coefficient (Wildman–Crippen LogP) is 1.24. The number of unbranched alkanes of at least 4 members (excludes halogenated alkanes) is 1. The first-order chi connectivity index (χ1) is 10.2. The van der Waals surface area contributed by atoms with Crippen LogP contribution in [0, 0.1) is 0 Å². The highest BCUT2D eigenvalue weighted by molar-refractivity contribution is 8.13. The summed E-state index contributed by atoms with van der Waals surface area (Å²) in [5.74, 6) is 1.42. The lowest BCUT2D eigenvalue weighted by Gasteiger charge is -2.10. The van der Waals surface area contributed by atoms with Gasteiger partial charge in [-0.15, -0.1) is 0 Å². The molecule has 0 spiro atoms. The summed E-state index contributed by atoms with van der Waals surface area (Å²) in [6.45, 7) is 1.64. The molecule has 1 atom stereocenters. The molecule has 21 heavy (non-hydrogen) atoms. The molecular formula is C15H25N3O2S. The maximum absolute atomic E-state index is 11.9. The number of rotatable bonds is 10. The molecule has 0 heterocycles. The van der Waals surface area contributed by atoms with Crippen molar-refractivity contribution in [3.8, 4) is 5.75 Å². The zero-order valence-electron chi connectivity index (χ0n) is 12.3. The fraction of sp³-hybridized carbons (Fsp3) is 0.533. The van der Waals surface area contributed by atoms with E-state index >= 15 is 0 Å². The number of carbonyl (C=O) groups excluding carboxylic acids is 1. The van der Waals surface area contributed by atoms with Crippen molar-refractivity contribution >= 4 is 16.9 Å². The second kappa shape index (κ2) is 10.6. The summed E-state index contributed by atoms with van der Waals surface area (Å²) in [5, 5.41) is 0.0375. The van der Waals surface area contributed by atoms with Crippen molar-refractivity contribution in [2.24, 2.45) is 17.2 Å². The van der Waals surface area contributed by atoms with E-state index in [0.717, 1.165) is 24.2 Å². The lowest BCUT2D eigenvalue weighted by atomic mass is 10.1. The fourth-order valence-corrected chi connectivity index (χ4v) is 2.58. The monoisotopic (exact) mass is 311 g/mol. The minimum Gasteiger partial charge on any atom is -0.492 e. The van der Waals surface area contributed by atoms with Crippen LogP contribution in [0.3, 0.4) is 0 Å². The maximum atomic E-state index is 11.9. The van der Waals surface area contributed by atoms with E-state index in [-0.39, 0.29) is 5.12 Å². The Balaban J connectivity index is 2.31. The molecule has 118 valence electrons. The zero-order valence-corrected chi connectivity index (χ0v) is 13.1. The first-order valence-corrected chi connectivity index (χ1v) is 8.20. The molecule has 0 radical (unpaired) electrons. The average molecular weight is 311 g/mol. The van der Waals surface area contributed by atoms with Crippen LogP contribution in [0.25, 0.3) is 0 Å². The molecule has 0 bridgehead atoms. The number of nitrogens with two attached hydrogens (primary N) is 3. The van der Waals surface area contributed by atoms with Gasteiger partial charge in [-0.25, -0.2) is 0 Å². The van der Waals surface area contributed by atoms with Crippen LogP contribution in [-0.4, -0.2) is 30.9 Å². The van der Waals surface area contributed by atoms with Crippen molar-refractivity contribution in [3.63, 3.8) is 0 Å². The predicted molar refractivity (Wildman–Crippen MR) is 88.2 cm³/mol. The van der Waals surface area contributed by atoms with Crippen LogP contribution in [0.15, 0.2) is 24.3 Å². The van der Waals surface area contributed by atoms with E-state index in [1.165, 1.54) is 11.8 Å². The Morgan fingerprint density at radius 1 is 1.14 bits per heavy atom. The van der Waals surface area contributed by atoms with Crippen LogP contribution >= 0.6 is 11.8 Å². The molecule has 1 rings (SSSR count). The fourth-order valence-electron chi connectivity index (χ4n) is 1.75. The van der Waals surface area contributed by atoms with Gasteiger partial charge in [-0.3, -0.25) is 4.79 Å². The van der Waals surface area contributed by atoms with Gasteiger partial charge in [0, 0.05) is 12.3 Å². The quantitative estimate of drug-likeness (QED) is 0.562. The maximum Gasteiger partial charge on any atom is 0.205 e. The van der Waals surface area contributed by atoms with Crippen LogP contribution in [0.5, 0.6) is 5.75 Å². The van der Waals surface area contributed by atoms with E-state index in [9.17, 15) is 4.79 Å². The van der Waals surface area contributed by atoms with Gasteiger partial charge in [0.25, 0.3) is 0 Å². The average Bonchev–Trinajstić information content (AvgIpc) is 2.51. The summed E-state index contributed by atoms with van der Waals surface area (Å²) in [6, 6.07) is 7.28. The van der Waals surface area contributed by atoms with E-state index < -0.39 is 6.04 Å². The highest BCUT2D eigenvalue weighted by Crippen LogP contribution is 2.19. The lowest BCUT2D eigenvalue weighted by molar-refractivity contribution is -0.112. The topological polar surface area (TPSA) is 104 Å². The smallest absolute Gasteiger partial charge is 0.205 e.